The SMILES string of the molecule is C[N@+]12CCCC[C@@H]1[C@@H](COC(=O)[C@@H]1CCCCN1)CCC2. The van der Waals surface area contributed by atoms with Crippen molar-refractivity contribution in [3.8, 4) is 0 Å². The topological polar surface area (TPSA) is 38.3 Å². The predicted molar refractivity (Wildman–Crippen MR) is 82.9 cm³/mol. The van der Waals surface area contributed by atoms with Crippen molar-refractivity contribution in [2.45, 2.75) is 63.5 Å². The Morgan fingerprint density at radius 2 is 1.90 bits per heavy atom. The minimum absolute atomic E-state index is 0.00899. The Bertz CT molecular complexity index is 364. The van der Waals surface area contributed by atoms with Gasteiger partial charge in [-0.05, 0) is 45.1 Å². The van der Waals surface area contributed by atoms with Gasteiger partial charge in [0.1, 0.15) is 6.04 Å². The summed E-state index contributed by atoms with van der Waals surface area (Å²) in [5.41, 5.74) is 0. The molecule has 3 fully saturated rings. The van der Waals surface area contributed by atoms with E-state index in [1.165, 1.54) is 56.1 Å². The first kappa shape index (κ1) is 15.3. The maximum Gasteiger partial charge on any atom is 0.323 e. The molecule has 4 atom stereocenters. The molecule has 4 heteroatoms. The Kier molecular flexibility index (Phi) is 4.85. The molecule has 0 saturated carbocycles. The molecule has 0 spiro atoms. The smallest absolute Gasteiger partial charge is 0.323 e. The number of quaternary nitrogens is 1. The molecule has 1 N–H and O–H groups in total. The highest BCUT2D eigenvalue weighted by Crippen LogP contribution is 2.36. The quantitative estimate of drug-likeness (QED) is 0.640. The van der Waals surface area contributed by atoms with Gasteiger partial charge in [0, 0.05) is 12.3 Å². The van der Waals surface area contributed by atoms with Crippen LogP contribution in [0.2, 0.25) is 0 Å². The fourth-order valence-electron chi connectivity index (χ4n) is 4.77. The van der Waals surface area contributed by atoms with Gasteiger partial charge in [0.25, 0.3) is 0 Å². The van der Waals surface area contributed by atoms with E-state index < -0.39 is 0 Å². The average Bonchev–Trinajstić information content (AvgIpc) is 2.52. The standard InChI is InChI=1S/C17H31N2O2/c1-19-11-5-3-9-16(19)14(7-6-12-19)13-21-17(20)15-8-2-4-10-18-15/h14-16,18H,2-13H2,1H3/q+1/t14-,15+,16-,19-/m1/s1. The number of nitrogens with zero attached hydrogens (tertiary/aromatic N) is 1. The Morgan fingerprint density at radius 1 is 1.10 bits per heavy atom. The number of carbonyl (C=O) groups excluding carboxylic acids is 1. The van der Waals surface area contributed by atoms with E-state index in [4.69, 9.17) is 4.74 Å². The molecule has 0 aromatic carbocycles. The molecule has 0 unspecified atom stereocenters. The van der Waals surface area contributed by atoms with Crippen LogP contribution in [0, 0.1) is 5.92 Å². The molecule has 120 valence electrons. The fraction of sp³-hybridized carbons (Fsp3) is 0.941. The number of hydrogen-bond acceptors (Lipinski definition) is 3. The second-order valence-corrected chi connectivity index (χ2v) is 7.52. The summed E-state index contributed by atoms with van der Waals surface area (Å²) in [6, 6.07) is 0.675. The third-order valence-corrected chi connectivity index (χ3v) is 6.04. The van der Waals surface area contributed by atoms with Gasteiger partial charge in [-0.25, -0.2) is 0 Å². The van der Waals surface area contributed by atoms with Crippen LogP contribution in [0.4, 0.5) is 0 Å². The first-order valence-electron chi connectivity index (χ1n) is 8.93. The zero-order chi connectivity index (χ0) is 14.7. The fourth-order valence-corrected chi connectivity index (χ4v) is 4.77. The molecule has 3 aliphatic heterocycles. The van der Waals surface area contributed by atoms with Gasteiger partial charge in [-0.15, -0.1) is 0 Å². The van der Waals surface area contributed by atoms with E-state index in [0.717, 1.165) is 25.4 Å². The maximum absolute atomic E-state index is 12.2. The highest BCUT2D eigenvalue weighted by atomic mass is 16.5. The van der Waals surface area contributed by atoms with Crippen LogP contribution in [0.3, 0.4) is 0 Å². The lowest BCUT2D eigenvalue weighted by molar-refractivity contribution is -0.947. The van der Waals surface area contributed by atoms with Crippen molar-refractivity contribution in [1.82, 2.24) is 5.32 Å². The molecular formula is C17H31N2O2+. The number of hydrogen-bond donors (Lipinski definition) is 1. The zero-order valence-electron chi connectivity index (χ0n) is 13.5. The number of carbonyl (C=O) groups is 1. The molecule has 0 aliphatic carbocycles. The summed E-state index contributed by atoms with van der Waals surface area (Å²) in [6.07, 6.45) is 9.85. The van der Waals surface area contributed by atoms with Crippen LogP contribution < -0.4 is 5.32 Å². The van der Waals surface area contributed by atoms with Gasteiger partial charge in [0.05, 0.1) is 32.8 Å². The van der Waals surface area contributed by atoms with Gasteiger partial charge in [0.15, 0.2) is 0 Å². The first-order chi connectivity index (χ1) is 10.2. The minimum Gasteiger partial charge on any atom is -0.464 e. The van der Waals surface area contributed by atoms with Crippen LogP contribution in [0.1, 0.15) is 51.4 Å². The van der Waals surface area contributed by atoms with E-state index in [1.54, 1.807) is 0 Å². The third kappa shape index (κ3) is 3.42. The van der Waals surface area contributed by atoms with Crippen molar-refractivity contribution in [3.05, 3.63) is 0 Å². The Labute approximate surface area is 128 Å². The molecule has 0 amide bonds. The molecular weight excluding hydrogens is 264 g/mol. The number of nitrogens with one attached hydrogen (secondary N) is 1. The maximum atomic E-state index is 12.2. The lowest BCUT2D eigenvalue weighted by Gasteiger charge is -2.51. The van der Waals surface area contributed by atoms with Gasteiger partial charge in [0.2, 0.25) is 0 Å². The average molecular weight is 295 g/mol. The van der Waals surface area contributed by atoms with Crippen molar-refractivity contribution in [1.29, 1.82) is 0 Å². The molecule has 3 rings (SSSR count). The summed E-state index contributed by atoms with van der Waals surface area (Å²) in [4.78, 5) is 12.2. The largest absolute Gasteiger partial charge is 0.464 e. The Balaban J connectivity index is 1.53. The number of rotatable bonds is 3. The van der Waals surface area contributed by atoms with Crippen molar-refractivity contribution >= 4 is 5.97 Å². The summed E-state index contributed by atoms with van der Waals surface area (Å²) in [7, 11) is 2.42. The van der Waals surface area contributed by atoms with Gasteiger partial charge in [-0.3, -0.25) is 4.79 Å². The third-order valence-electron chi connectivity index (χ3n) is 6.04. The monoisotopic (exact) mass is 295 g/mol. The Morgan fingerprint density at radius 3 is 2.71 bits per heavy atom. The molecule has 0 radical (unpaired) electrons. The summed E-state index contributed by atoms with van der Waals surface area (Å²) in [5, 5.41) is 3.29. The van der Waals surface area contributed by atoms with Crippen LogP contribution in [-0.2, 0) is 9.53 Å². The van der Waals surface area contributed by atoms with Crippen LogP contribution >= 0.6 is 0 Å². The molecule has 0 bridgehead atoms. The minimum atomic E-state index is -0.0467. The summed E-state index contributed by atoms with van der Waals surface area (Å²) in [6.45, 7) is 4.24. The second-order valence-electron chi connectivity index (χ2n) is 7.52. The van der Waals surface area contributed by atoms with Crippen molar-refractivity contribution in [2.24, 2.45) is 5.92 Å². The van der Waals surface area contributed by atoms with E-state index in [2.05, 4.69) is 12.4 Å². The lowest BCUT2D eigenvalue weighted by atomic mass is 9.82. The number of piperidine rings is 3. The zero-order valence-corrected chi connectivity index (χ0v) is 13.5. The molecule has 3 aliphatic rings. The normalized spacial score (nSPS) is 40.3. The van der Waals surface area contributed by atoms with E-state index in [0.29, 0.717) is 12.5 Å². The highest BCUT2D eigenvalue weighted by molar-refractivity contribution is 5.75. The molecule has 21 heavy (non-hydrogen) atoms. The summed E-state index contributed by atoms with van der Waals surface area (Å²) in [5.74, 6) is 0.571. The molecule has 0 aromatic rings. The van der Waals surface area contributed by atoms with E-state index in [9.17, 15) is 4.79 Å². The van der Waals surface area contributed by atoms with E-state index in [-0.39, 0.29) is 12.0 Å². The van der Waals surface area contributed by atoms with Gasteiger partial charge in [-0.2, -0.15) is 0 Å². The number of fused-ring (bicyclic) bond motifs is 1. The highest BCUT2D eigenvalue weighted by Gasteiger charge is 2.44. The molecule has 3 saturated heterocycles. The summed E-state index contributed by atoms with van der Waals surface area (Å²) >= 11 is 0. The van der Waals surface area contributed by atoms with E-state index in [1.807, 2.05) is 0 Å². The van der Waals surface area contributed by atoms with Crippen LogP contribution in [0.25, 0.3) is 0 Å². The second kappa shape index (κ2) is 6.66. The van der Waals surface area contributed by atoms with Crippen molar-refractivity contribution < 1.29 is 14.0 Å². The lowest BCUT2D eigenvalue weighted by Crippen LogP contribution is -2.61. The van der Waals surface area contributed by atoms with Gasteiger partial charge >= 0.3 is 5.97 Å². The van der Waals surface area contributed by atoms with Gasteiger partial charge < -0.3 is 14.5 Å². The summed E-state index contributed by atoms with van der Waals surface area (Å²) < 4.78 is 6.93. The molecule has 3 heterocycles. The van der Waals surface area contributed by atoms with Crippen LogP contribution in [0.15, 0.2) is 0 Å². The van der Waals surface area contributed by atoms with Gasteiger partial charge in [-0.1, -0.05) is 6.42 Å². The van der Waals surface area contributed by atoms with Crippen molar-refractivity contribution in [3.63, 3.8) is 0 Å². The van der Waals surface area contributed by atoms with Crippen LogP contribution in [-0.4, -0.2) is 55.8 Å². The van der Waals surface area contributed by atoms with Crippen molar-refractivity contribution in [2.75, 3.05) is 33.3 Å². The first-order valence-corrected chi connectivity index (χ1v) is 8.93. The molecule has 4 nitrogen and oxygen atoms in total. The molecule has 0 aromatic heterocycles. The van der Waals surface area contributed by atoms with Crippen LogP contribution in [0.5, 0.6) is 0 Å². The Hall–Kier alpha value is -0.610. The predicted octanol–water partition coefficient (Wildman–Crippen LogP) is 2.08. The number of ether oxygens (including phenoxy) is 1. The van der Waals surface area contributed by atoms with E-state index >= 15 is 0 Å². The number of esters is 1.